The molecule has 0 aromatic carbocycles. The highest BCUT2D eigenvalue weighted by atomic mass is 32.9. The van der Waals surface area contributed by atoms with E-state index in [1.54, 1.807) is 0 Å². The molecule has 1 rings (SSSR count). The summed E-state index contributed by atoms with van der Waals surface area (Å²) in [6.07, 6.45) is 0. The van der Waals surface area contributed by atoms with Crippen LogP contribution in [0.15, 0.2) is 0 Å². The van der Waals surface area contributed by atoms with Crippen LogP contribution in [0.1, 0.15) is 0 Å². The van der Waals surface area contributed by atoms with Gasteiger partial charge in [0, 0.05) is 11.2 Å². The van der Waals surface area contributed by atoms with Gasteiger partial charge >= 0.3 is 0 Å². The SMILES string of the molecule is O=S1(=S)OCO1. The van der Waals surface area contributed by atoms with Gasteiger partial charge in [0.05, 0.1) is 0 Å². The molecule has 1 fully saturated rings. The summed E-state index contributed by atoms with van der Waals surface area (Å²) in [6.45, 7) is 0.0856. The molecule has 0 atom stereocenters. The third kappa shape index (κ3) is 0.676. The summed E-state index contributed by atoms with van der Waals surface area (Å²) >= 11 is 4.16. The summed E-state index contributed by atoms with van der Waals surface area (Å²) in [4.78, 5) is 0. The van der Waals surface area contributed by atoms with Gasteiger partial charge in [0.1, 0.15) is 0 Å². The Morgan fingerprint density at radius 2 is 2.00 bits per heavy atom. The van der Waals surface area contributed by atoms with E-state index in [0.29, 0.717) is 0 Å². The van der Waals surface area contributed by atoms with Gasteiger partial charge in [0.15, 0.2) is 6.79 Å². The van der Waals surface area contributed by atoms with Gasteiger partial charge in [-0.1, -0.05) is 0 Å². The van der Waals surface area contributed by atoms with Crippen molar-refractivity contribution in [2.24, 2.45) is 0 Å². The second kappa shape index (κ2) is 1.13. The number of rotatable bonds is 0. The fourth-order valence-electron chi connectivity index (χ4n) is 0.127. The predicted octanol–water partition coefficient (Wildman–Crippen LogP) is -0.433. The van der Waals surface area contributed by atoms with Crippen LogP contribution in [-0.2, 0) is 28.6 Å². The first-order valence-corrected chi connectivity index (χ1v) is 3.58. The van der Waals surface area contributed by atoms with E-state index in [1.165, 1.54) is 0 Å². The van der Waals surface area contributed by atoms with Gasteiger partial charge < -0.3 is 0 Å². The molecule has 5 heteroatoms. The lowest BCUT2D eigenvalue weighted by molar-refractivity contribution is 0.0440. The maximum Gasteiger partial charge on any atom is 0.273 e. The minimum absolute atomic E-state index is 0.0856. The van der Waals surface area contributed by atoms with E-state index < -0.39 is 9.05 Å². The summed E-state index contributed by atoms with van der Waals surface area (Å²) < 4.78 is 18.5. The van der Waals surface area contributed by atoms with Gasteiger partial charge in [-0.15, -0.1) is 0 Å². The van der Waals surface area contributed by atoms with Crippen molar-refractivity contribution in [1.29, 1.82) is 0 Å². The first-order valence-electron chi connectivity index (χ1n) is 1.24. The number of hydrogen-bond donors (Lipinski definition) is 0. The molecule has 0 saturated carbocycles. The molecule has 0 aliphatic carbocycles. The first-order chi connectivity index (χ1) is 2.71. The smallest absolute Gasteiger partial charge is 0.239 e. The van der Waals surface area contributed by atoms with Gasteiger partial charge in [-0.25, -0.2) is 8.37 Å². The molecule has 0 unspecified atom stereocenters. The van der Waals surface area contributed by atoms with E-state index in [2.05, 4.69) is 19.6 Å². The molecular formula is CH2O3S2. The molecule has 0 N–H and O–H groups in total. The van der Waals surface area contributed by atoms with Crippen molar-refractivity contribution in [2.45, 2.75) is 0 Å². The van der Waals surface area contributed by atoms with Crippen LogP contribution in [0.2, 0.25) is 0 Å². The highest BCUT2D eigenvalue weighted by Gasteiger charge is 2.16. The Labute approximate surface area is 40.3 Å². The van der Waals surface area contributed by atoms with Crippen molar-refractivity contribution in [3.8, 4) is 0 Å². The van der Waals surface area contributed by atoms with Crippen molar-refractivity contribution in [3.63, 3.8) is 0 Å². The molecule has 1 heterocycles. The maximum atomic E-state index is 10.0. The molecule has 0 bridgehead atoms. The van der Waals surface area contributed by atoms with Gasteiger partial charge in [0.2, 0.25) is 0 Å². The molecule has 0 aromatic rings. The Bertz CT molecular complexity index is 123. The fourth-order valence-corrected chi connectivity index (χ4v) is 0.616. The highest BCUT2D eigenvalue weighted by molar-refractivity contribution is 8.27. The van der Waals surface area contributed by atoms with Crippen LogP contribution >= 0.6 is 0 Å². The summed E-state index contributed by atoms with van der Waals surface area (Å²) in [7, 11) is -2.65. The normalized spacial score (nSPS) is 28.7. The topological polar surface area (TPSA) is 35.5 Å². The Morgan fingerprint density at radius 3 is 2.00 bits per heavy atom. The lowest BCUT2D eigenvalue weighted by atomic mass is 11.6. The van der Waals surface area contributed by atoms with Gasteiger partial charge in [-0.2, -0.15) is 4.21 Å². The largest absolute Gasteiger partial charge is 0.273 e. The zero-order valence-corrected chi connectivity index (χ0v) is 4.38. The van der Waals surface area contributed by atoms with Crippen LogP contribution in [0.25, 0.3) is 0 Å². The molecule has 0 radical (unpaired) electrons. The molecule has 1 saturated heterocycles. The Morgan fingerprint density at radius 1 is 1.67 bits per heavy atom. The molecule has 0 aromatic heterocycles. The van der Waals surface area contributed by atoms with E-state index in [-0.39, 0.29) is 6.79 Å². The van der Waals surface area contributed by atoms with E-state index in [0.717, 1.165) is 0 Å². The molecule has 0 amide bonds. The van der Waals surface area contributed by atoms with E-state index in [4.69, 9.17) is 0 Å². The van der Waals surface area contributed by atoms with E-state index >= 15 is 0 Å². The molecular weight excluding hydrogens is 124 g/mol. The average molecular weight is 126 g/mol. The molecule has 3 nitrogen and oxygen atoms in total. The van der Waals surface area contributed by atoms with Crippen LogP contribution in [0.5, 0.6) is 0 Å². The van der Waals surface area contributed by atoms with Crippen LogP contribution in [-0.4, -0.2) is 11.0 Å². The van der Waals surface area contributed by atoms with Crippen molar-refractivity contribution in [1.82, 2.24) is 0 Å². The summed E-state index contributed by atoms with van der Waals surface area (Å²) in [5, 5.41) is 0. The lowest BCUT2D eigenvalue weighted by Crippen LogP contribution is -2.22. The minimum Gasteiger partial charge on any atom is -0.239 e. The third-order valence-corrected chi connectivity index (χ3v) is 1.73. The lowest BCUT2D eigenvalue weighted by Gasteiger charge is -2.14. The molecule has 6 heavy (non-hydrogen) atoms. The Hall–Kier alpha value is 0.290. The summed E-state index contributed by atoms with van der Waals surface area (Å²) in [5.74, 6) is 0. The van der Waals surface area contributed by atoms with Crippen molar-refractivity contribution >= 4 is 20.2 Å². The maximum absolute atomic E-state index is 10.0. The van der Waals surface area contributed by atoms with Crippen LogP contribution in [0.4, 0.5) is 0 Å². The van der Waals surface area contributed by atoms with Crippen LogP contribution < -0.4 is 0 Å². The quantitative estimate of drug-likeness (QED) is 0.441. The average Bonchev–Trinajstić information content (AvgIpc) is 1.32. The molecule has 1 aliphatic heterocycles. The number of hydrogen-bond acceptors (Lipinski definition) is 4. The highest BCUT2D eigenvalue weighted by Crippen LogP contribution is 2.06. The Balaban J connectivity index is 2.78. The van der Waals surface area contributed by atoms with E-state index in [9.17, 15) is 4.21 Å². The first kappa shape index (κ1) is 4.45. The van der Waals surface area contributed by atoms with Crippen molar-refractivity contribution < 1.29 is 12.6 Å². The van der Waals surface area contributed by atoms with Gasteiger partial charge in [-0.3, -0.25) is 0 Å². The summed E-state index contributed by atoms with van der Waals surface area (Å²) in [5.41, 5.74) is 0. The standard InChI is InChI=1S/CH2O3S2/c2-6(5)3-1-4-6/h1H2. The molecule has 36 valence electrons. The zero-order valence-electron chi connectivity index (χ0n) is 2.75. The van der Waals surface area contributed by atoms with Gasteiger partial charge in [0.25, 0.3) is 9.05 Å². The minimum atomic E-state index is -2.65. The van der Waals surface area contributed by atoms with Gasteiger partial charge in [-0.05, 0) is 0 Å². The predicted molar refractivity (Wildman–Crippen MR) is 22.5 cm³/mol. The second-order valence-electron chi connectivity index (χ2n) is 0.762. The zero-order chi connectivity index (χ0) is 4.62. The molecule has 0 spiro atoms. The van der Waals surface area contributed by atoms with Crippen LogP contribution in [0.3, 0.4) is 0 Å². The molecule has 1 aliphatic rings. The van der Waals surface area contributed by atoms with Crippen molar-refractivity contribution in [3.05, 3.63) is 0 Å². The summed E-state index contributed by atoms with van der Waals surface area (Å²) in [6, 6.07) is 0. The monoisotopic (exact) mass is 126 g/mol. The van der Waals surface area contributed by atoms with Crippen molar-refractivity contribution in [2.75, 3.05) is 6.79 Å². The van der Waals surface area contributed by atoms with E-state index in [1.807, 2.05) is 0 Å². The third-order valence-electron chi connectivity index (χ3n) is 0.385. The Kier molecular flexibility index (Phi) is 0.836. The second-order valence-corrected chi connectivity index (χ2v) is 3.27. The fraction of sp³-hybridized carbons (Fsp3) is 1.00. The van der Waals surface area contributed by atoms with Crippen LogP contribution in [0, 0.1) is 0 Å².